The summed E-state index contributed by atoms with van der Waals surface area (Å²) in [6.07, 6.45) is 54.7. The third-order valence-corrected chi connectivity index (χ3v) is 9.41. The molecule has 6 heteroatoms. The van der Waals surface area contributed by atoms with Crippen molar-refractivity contribution >= 4 is 17.9 Å². The maximum Gasteiger partial charge on any atom is 0.306 e. The van der Waals surface area contributed by atoms with E-state index in [-0.39, 0.29) is 37.5 Å². The maximum absolute atomic E-state index is 12.7. The summed E-state index contributed by atoms with van der Waals surface area (Å²) in [5, 5.41) is 0. The van der Waals surface area contributed by atoms with Crippen LogP contribution in [-0.2, 0) is 28.6 Å². The van der Waals surface area contributed by atoms with Gasteiger partial charge in [0.25, 0.3) is 0 Å². The minimum atomic E-state index is -0.806. The first-order valence-electron chi connectivity index (χ1n) is 22.9. The second kappa shape index (κ2) is 44.6. The first-order chi connectivity index (χ1) is 27.5. The SMILES string of the molecule is CC/C=C\C/C=C\C/C=C\CCCC(=O)OC(COC(=O)CCCCCC/C=C\CCCC)COC(=O)CCCCCCCCC/C=C\C/C=C\CCCCC. The number of hydrogen-bond acceptors (Lipinski definition) is 6. The Kier molecular flexibility index (Phi) is 42.1. The Hall–Kier alpha value is -3.15. The predicted molar refractivity (Wildman–Crippen MR) is 238 cm³/mol. The van der Waals surface area contributed by atoms with E-state index in [1.54, 1.807) is 0 Å². The molecule has 0 aliphatic rings. The number of unbranched alkanes of at least 4 members (excludes halogenated alkanes) is 17. The predicted octanol–water partition coefficient (Wildman–Crippen LogP) is 14.7. The van der Waals surface area contributed by atoms with Crippen LogP contribution in [0.4, 0.5) is 0 Å². The van der Waals surface area contributed by atoms with Gasteiger partial charge in [0.1, 0.15) is 13.2 Å². The Morgan fingerprint density at radius 2 is 0.732 bits per heavy atom. The number of hydrogen-bond donors (Lipinski definition) is 0. The molecule has 0 bridgehead atoms. The second-order valence-corrected chi connectivity index (χ2v) is 14.9. The summed E-state index contributed by atoms with van der Waals surface area (Å²) in [5.74, 6) is -0.987. The molecule has 0 N–H and O–H groups in total. The fraction of sp³-hybridized carbons (Fsp3) is 0.700. The highest BCUT2D eigenvalue weighted by Gasteiger charge is 2.19. The maximum atomic E-state index is 12.7. The van der Waals surface area contributed by atoms with Crippen molar-refractivity contribution in [3.05, 3.63) is 72.9 Å². The van der Waals surface area contributed by atoms with E-state index < -0.39 is 6.10 Å². The van der Waals surface area contributed by atoms with Gasteiger partial charge in [0.05, 0.1) is 0 Å². The van der Waals surface area contributed by atoms with Gasteiger partial charge in [0.2, 0.25) is 0 Å². The summed E-state index contributed by atoms with van der Waals surface area (Å²) < 4.78 is 16.6. The normalized spacial score (nSPS) is 12.7. The summed E-state index contributed by atoms with van der Waals surface area (Å²) in [5.41, 5.74) is 0. The molecule has 0 rings (SSSR count). The minimum absolute atomic E-state index is 0.104. The molecule has 0 heterocycles. The zero-order valence-corrected chi connectivity index (χ0v) is 36.4. The minimum Gasteiger partial charge on any atom is -0.462 e. The van der Waals surface area contributed by atoms with Crippen LogP contribution in [0.25, 0.3) is 0 Å². The Morgan fingerprint density at radius 1 is 0.375 bits per heavy atom. The second-order valence-electron chi connectivity index (χ2n) is 14.9. The van der Waals surface area contributed by atoms with E-state index in [1.807, 2.05) is 0 Å². The third kappa shape index (κ3) is 42.0. The zero-order valence-electron chi connectivity index (χ0n) is 36.4. The smallest absolute Gasteiger partial charge is 0.306 e. The first-order valence-corrected chi connectivity index (χ1v) is 22.9. The van der Waals surface area contributed by atoms with Crippen LogP contribution in [0.15, 0.2) is 72.9 Å². The average molecular weight is 781 g/mol. The molecule has 56 heavy (non-hydrogen) atoms. The van der Waals surface area contributed by atoms with Crippen LogP contribution in [0.3, 0.4) is 0 Å². The standard InChI is InChI=1S/C50H84O6/c1-4-7-10-13-16-19-22-23-24-25-26-27-29-31-34-37-40-43-49(52)55-46-47(45-54-48(51)42-39-36-33-30-21-18-15-12-9-6-3)56-50(53)44-41-38-35-32-28-20-17-14-11-8-5-2/h8,11,15-20,23-24,32,35,47H,4-7,9-10,12-14,21-22,25-31,33-34,36-46H2,1-3H3/b11-8-,18-15-,19-16-,20-17-,24-23-,35-32-. The van der Waals surface area contributed by atoms with Crippen molar-refractivity contribution in [3.8, 4) is 0 Å². The van der Waals surface area contributed by atoms with Crippen LogP contribution < -0.4 is 0 Å². The van der Waals surface area contributed by atoms with Crippen molar-refractivity contribution < 1.29 is 28.6 Å². The molecule has 0 aromatic rings. The lowest BCUT2D eigenvalue weighted by Crippen LogP contribution is -2.30. The third-order valence-electron chi connectivity index (χ3n) is 9.41. The van der Waals surface area contributed by atoms with E-state index in [0.717, 1.165) is 96.3 Å². The van der Waals surface area contributed by atoms with E-state index in [9.17, 15) is 14.4 Å². The molecule has 0 fully saturated rings. The molecular weight excluding hydrogens is 697 g/mol. The Labute approximate surface area is 344 Å². The molecule has 1 unspecified atom stereocenters. The van der Waals surface area contributed by atoms with Gasteiger partial charge >= 0.3 is 17.9 Å². The first kappa shape index (κ1) is 52.9. The summed E-state index contributed by atoms with van der Waals surface area (Å²) in [7, 11) is 0. The largest absolute Gasteiger partial charge is 0.462 e. The average Bonchev–Trinajstić information content (AvgIpc) is 3.19. The van der Waals surface area contributed by atoms with Gasteiger partial charge in [-0.1, -0.05) is 164 Å². The molecular formula is C50H84O6. The Bertz CT molecular complexity index is 1080. The molecule has 6 nitrogen and oxygen atoms in total. The van der Waals surface area contributed by atoms with Crippen molar-refractivity contribution in [1.82, 2.24) is 0 Å². The van der Waals surface area contributed by atoms with Crippen molar-refractivity contribution in [2.24, 2.45) is 0 Å². The van der Waals surface area contributed by atoms with Gasteiger partial charge in [-0.05, 0) is 96.3 Å². The monoisotopic (exact) mass is 781 g/mol. The van der Waals surface area contributed by atoms with E-state index in [4.69, 9.17) is 14.2 Å². The van der Waals surface area contributed by atoms with Gasteiger partial charge in [-0.15, -0.1) is 0 Å². The van der Waals surface area contributed by atoms with Gasteiger partial charge in [0, 0.05) is 19.3 Å². The number of allylic oxidation sites excluding steroid dienone is 12. The van der Waals surface area contributed by atoms with Crippen LogP contribution in [0.2, 0.25) is 0 Å². The van der Waals surface area contributed by atoms with Crippen molar-refractivity contribution in [1.29, 1.82) is 0 Å². The molecule has 0 aromatic carbocycles. The van der Waals surface area contributed by atoms with Crippen LogP contribution >= 0.6 is 0 Å². The Balaban J connectivity index is 4.41. The molecule has 0 aliphatic heterocycles. The molecule has 0 aliphatic carbocycles. The zero-order chi connectivity index (χ0) is 40.8. The number of rotatable bonds is 40. The van der Waals surface area contributed by atoms with Crippen LogP contribution in [0.5, 0.6) is 0 Å². The topological polar surface area (TPSA) is 78.9 Å². The van der Waals surface area contributed by atoms with Gasteiger partial charge in [-0.2, -0.15) is 0 Å². The van der Waals surface area contributed by atoms with Crippen LogP contribution in [0.1, 0.15) is 207 Å². The van der Waals surface area contributed by atoms with Crippen LogP contribution in [0, 0.1) is 0 Å². The molecule has 0 amide bonds. The van der Waals surface area contributed by atoms with Crippen molar-refractivity contribution in [2.75, 3.05) is 13.2 Å². The fourth-order valence-corrected chi connectivity index (χ4v) is 5.94. The lowest BCUT2D eigenvalue weighted by molar-refractivity contribution is -0.167. The van der Waals surface area contributed by atoms with Gasteiger partial charge in [-0.25, -0.2) is 0 Å². The quantitative estimate of drug-likeness (QED) is 0.0267. The van der Waals surface area contributed by atoms with Gasteiger partial charge in [0.15, 0.2) is 6.10 Å². The lowest BCUT2D eigenvalue weighted by Gasteiger charge is -2.18. The van der Waals surface area contributed by atoms with Crippen LogP contribution in [-0.4, -0.2) is 37.2 Å². The van der Waals surface area contributed by atoms with E-state index >= 15 is 0 Å². The fourth-order valence-electron chi connectivity index (χ4n) is 5.94. The lowest BCUT2D eigenvalue weighted by atomic mass is 10.1. The highest BCUT2D eigenvalue weighted by molar-refractivity contribution is 5.71. The molecule has 1 atom stereocenters. The van der Waals surface area contributed by atoms with E-state index in [1.165, 1.54) is 64.2 Å². The molecule has 0 spiro atoms. The summed E-state index contributed by atoms with van der Waals surface area (Å²) in [6.45, 7) is 6.37. The van der Waals surface area contributed by atoms with Gasteiger partial charge in [-0.3, -0.25) is 14.4 Å². The highest BCUT2D eigenvalue weighted by Crippen LogP contribution is 2.12. The molecule has 0 aromatic heterocycles. The summed E-state index contributed by atoms with van der Waals surface area (Å²) in [6, 6.07) is 0. The molecule has 320 valence electrons. The number of carbonyl (C=O) groups excluding carboxylic acids is 3. The van der Waals surface area contributed by atoms with E-state index in [0.29, 0.717) is 19.3 Å². The van der Waals surface area contributed by atoms with Crippen molar-refractivity contribution in [2.45, 2.75) is 213 Å². The number of ether oxygens (including phenoxy) is 3. The molecule has 0 saturated carbocycles. The van der Waals surface area contributed by atoms with Gasteiger partial charge < -0.3 is 14.2 Å². The van der Waals surface area contributed by atoms with Crippen molar-refractivity contribution in [3.63, 3.8) is 0 Å². The number of carbonyl (C=O) groups is 3. The molecule has 0 radical (unpaired) electrons. The summed E-state index contributed by atoms with van der Waals surface area (Å²) >= 11 is 0. The Morgan fingerprint density at radius 3 is 1.21 bits per heavy atom. The van der Waals surface area contributed by atoms with E-state index in [2.05, 4.69) is 93.7 Å². The summed E-state index contributed by atoms with van der Waals surface area (Å²) in [4.78, 5) is 37.7. The molecule has 0 saturated heterocycles. The number of esters is 3. The highest BCUT2D eigenvalue weighted by atomic mass is 16.6.